The number of aliphatic imine (C=N–C) groups is 1. The summed E-state index contributed by atoms with van der Waals surface area (Å²) in [5.74, 6) is 0.480. The van der Waals surface area contributed by atoms with E-state index in [0.717, 1.165) is 11.1 Å². The minimum Gasteiger partial charge on any atom is -0.385 e. The number of benzene rings is 1. The standard InChI is InChI=1S/C23H32N8O/c1-4-19(31-27-3)21(25)30-22(26)20(13-16-8-6-5-7-9-16)29-23(32)28-14-17-11-10-15(2)18(24)12-17/h4-12,15,18,20,31H,1,3,13-14,24-25H2,2H3,(H2,26,30)(H2,28,29,32)/b21-19+/t15?,18?,20-/m0/s1. The number of amides is 2. The zero-order chi connectivity index (χ0) is 23.5. The molecule has 0 aliphatic heterocycles. The van der Waals surface area contributed by atoms with Crippen molar-refractivity contribution in [3.8, 4) is 0 Å². The first-order chi connectivity index (χ1) is 15.3. The lowest BCUT2D eigenvalue weighted by atomic mass is 9.94. The normalized spacial score (nSPS) is 19.8. The van der Waals surface area contributed by atoms with Crippen LogP contribution < -0.4 is 33.3 Å². The van der Waals surface area contributed by atoms with Crippen LogP contribution in [-0.4, -0.2) is 37.2 Å². The minimum absolute atomic E-state index is 0.0686. The van der Waals surface area contributed by atoms with E-state index in [1.807, 2.05) is 55.5 Å². The molecular weight excluding hydrogens is 404 g/mol. The summed E-state index contributed by atoms with van der Waals surface area (Å²) in [5, 5.41) is 9.26. The highest BCUT2D eigenvalue weighted by Crippen LogP contribution is 2.14. The van der Waals surface area contributed by atoms with Crippen LogP contribution >= 0.6 is 0 Å². The monoisotopic (exact) mass is 436 g/mol. The molecule has 0 radical (unpaired) electrons. The van der Waals surface area contributed by atoms with E-state index < -0.39 is 6.04 Å². The number of carbonyl (C=O) groups excluding carboxylic acids is 1. The molecule has 170 valence electrons. The number of hydrogen-bond donors (Lipinski definition) is 6. The Hall–Kier alpha value is -3.85. The first-order valence-corrected chi connectivity index (χ1v) is 10.2. The van der Waals surface area contributed by atoms with Crippen LogP contribution in [0.25, 0.3) is 0 Å². The average molecular weight is 437 g/mol. The molecule has 0 saturated heterocycles. The predicted octanol–water partition coefficient (Wildman–Crippen LogP) is 1.23. The molecule has 0 saturated carbocycles. The summed E-state index contributed by atoms with van der Waals surface area (Å²) in [7, 11) is 0. The van der Waals surface area contributed by atoms with E-state index in [0.29, 0.717) is 18.7 Å². The molecule has 0 aromatic heterocycles. The fourth-order valence-corrected chi connectivity index (χ4v) is 3.02. The molecule has 9 N–H and O–H groups in total. The van der Waals surface area contributed by atoms with Gasteiger partial charge in [0, 0.05) is 19.3 Å². The van der Waals surface area contributed by atoms with Crippen molar-refractivity contribution >= 4 is 18.6 Å². The van der Waals surface area contributed by atoms with Crippen molar-refractivity contribution in [2.45, 2.75) is 25.4 Å². The molecule has 1 aromatic carbocycles. The van der Waals surface area contributed by atoms with Gasteiger partial charge in [-0.05, 0) is 29.6 Å². The van der Waals surface area contributed by atoms with Crippen molar-refractivity contribution < 1.29 is 4.79 Å². The fraction of sp³-hybridized carbons (Fsp3) is 0.261. The van der Waals surface area contributed by atoms with Crippen molar-refractivity contribution in [2.75, 3.05) is 6.54 Å². The number of hydrazone groups is 1. The zero-order valence-corrected chi connectivity index (χ0v) is 18.3. The number of nitrogens with one attached hydrogen (secondary N) is 3. The number of allylic oxidation sites excluding steroid dienone is 1. The number of hydrogen-bond acceptors (Lipinski definition) is 6. The largest absolute Gasteiger partial charge is 0.385 e. The highest BCUT2D eigenvalue weighted by molar-refractivity contribution is 5.91. The number of urea groups is 1. The van der Waals surface area contributed by atoms with Crippen LogP contribution in [0.15, 0.2) is 88.4 Å². The van der Waals surface area contributed by atoms with Crippen LogP contribution in [0.2, 0.25) is 0 Å². The van der Waals surface area contributed by atoms with Crippen molar-refractivity contribution in [3.05, 3.63) is 83.9 Å². The molecule has 9 nitrogen and oxygen atoms in total. The quantitative estimate of drug-likeness (QED) is 0.141. The second kappa shape index (κ2) is 12.1. The predicted molar refractivity (Wildman–Crippen MR) is 131 cm³/mol. The van der Waals surface area contributed by atoms with Crippen LogP contribution in [0.3, 0.4) is 0 Å². The second-order valence-corrected chi connectivity index (χ2v) is 7.42. The molecule has 1 aromatic rings. The number of nitrogens with two attached hydrogens (primary N) is 3. The lowest BCUT2D eigenvalue weighted by molar-refractivity contribution is 0.240. The molecule has 1 aliphatic carbocycles. The maximum absolute atomic E-state index is 12.6. The van der Waals surface area contributed by atoms with E-state index in [1.165, 1.54) is 6.08 Å². The molecule has 2 amide bonds. The Bertz CT molecular complexity index is 933. The molecule has 3 atom stereocenters. The molecule has 2 rings (SSSR count). The number of nitrogens with zero attached hydrogens (tertiary/aromatic N) is 2. The van der Waals surface area contributed by atoms with Gasteiger partial charge < -0.3 is 27.8 Å². The van der Waals surface area contributed by atoms with Crippen molar-refractivity contribution in [2.24, 2.45) is 33.2 Å². The van der Waals surface area contributed by atoms with E-state index in [-0.39, 0.29) is 29.6 Å². The van der Waals surface area contributed by atoms with Gasteiger partial charge in [0.25, 0.3) is 0 Å². The van der Waals surface area contributed by atoms with E-state index in [9.17, 15) is 4.79 Å². The maximum Gasteiger partial charge on any atom is 0.315 e. The smallest absolute Gasteiger partial charge is 0.315 e. The summed E-state index contributed by atoms with van der Waals surface area (Å²) < 4.78 is 0. The number of rotatable bonds is 10. The van der Waals surface area contributed by atoms with Crippen LogP contribution in [0.1, 0.15) is 12.5 Å². The van der Waals surface area contributed by atoms with Gasteiger partial charge in [0.15, 0.2) is 5.82 Å². The Labute approximate surface area is 188 Å². The van der Waals surface area contributed by atoms with Crippen molar-refractivity contribution in [3.63, 3.8) is 0 Å². The molecule has 0 bridgehead atoms. The Morgan fingerprint density at radius 3 is 2.62 bits per heavy atom. The highest BCUT2D eigenvalue weighted by atomic mass is 16.2. The molecular formula is C23H32N8O. The summed E-state index contributed by atoms with van der Waals surface area (Å²) in [6.45, 7) is 9.39. The topological polar surface area (TPSA) is 156 Å². The maximum atomic E-state index is 12.6. The Balaban J connectivity index is 2.14. The summed E-state index contributed by atoms with van der Waals surface area (Å²) >= 11 is 0. The zero-order valence-electron chi connectivity index (χ0n) is 18.3. The molecule has 2 unspecified atom stereocenters. The number of amidine groups is 1. The Morgan fingerprint density at radius 1 is 1.28 bits per heavy atom. The molecule has 1 aliphatic rings. The lowest BCUT2D eigenvalue weighted by Gasteiger charge is -2.21. The van der Waals surface area contributed by atoms with Crippen LogP contribution in [-0.2, 0) is 6.42 Å². The molecule has 0 spiro atoms. The van der Waals surface area contributed by atoms with Crippen LogP contribution in [0.5, 0.6) is 0 Å². The van der Waals surface area contributed by atoms with E-state index >= 15 is 0 Å². The highest BCUT2D eigenvalue weighted by Gasteiger charge is 2.19. The van der Waals surface area contributed by atoms with Crippen molar-refractivity contribution in [1.82, 2.24) is 16.1 Å². The first-order valence-electron chi connectivity index (χ1n) is 10.2. The number of carbonyl (C=O) groups is 1. The summed E-state index contributed by atoms with van der Waals surface area (Å²) in [6.07, 6.45) is 7.82. The minimum atomic E-state index is -0.600. The van der Waals surface area contributed by atoms with Crippen molar-refractivity contribution in [1.29, 1.82) is 0 Å². The van der Waals surface area contributed by atoms with Gasteiger partial charge in [0.2, 0.25) is 0 Å². The Kier molecular flexibility index (Phi) is 9.24. The average Bonchev–Trinajstić information content (AvgIpc) is 2.78. The molecule has 0 fully saturated rings. The van der Waals surface area contributed by atoms with Gasteiger partial charge in [-0.15, -0.1) is 0 Å². The van der Waals surface area contributed by atoms with Crippen LogP contribution in [0, 0.1) is 5.92 Å². The SMILES string of the molecule is C=C/C(NN=C)=C(/N)N=C(N)[C@H](Cc1ccccc1)NC(=O)NCC1=CC(N)C(C)C=C1. The van der Waals surface area contributed by atoms with Gasteiger partial charge in [-0.3, -0.25) is 5.43 Å². The lowest BCUT2D eigenvalue weighted by Crippen LogP contribution is -2.50. The van der Waals surface area contributed by atoms with E-state index in [1.54, 1.807) is 0 Å². The second-order valence-electron chi connectivity index (χ2n) is 7.42. The van der Waals surface area contributed by atoms with Gasteiger partial charge >= 0.3 is 6.03 Å². The summed E-state index contributed by atoms with van der Waals surface area (Å²) in [4.78, 5) is 16.8. The van der Waals surface area contributed by atoms with E-state index in [4.69, 9.17) is 17.2 Å². The molecule has 32 heavy (non-hydrogen) atoms. The molecule has 9 heteroatoms. The van der Waals surface area contributed by atoms with Gasteiger partial charge in [-0.25, -0.2) is 9.79 Å². The van der Waals surface area contributed by atoms with Gasteiger partial charge in [-0.2, -0.15) is 5.10 Å². The van der Waals surface area contributed by atoms with Gasteiger partial charge in [-0.1, -0.05) is 62.1 Å². The summed E-state index contributed by atoms with van der Waals surface area (Å²) in [6, 6.07) is 8.57. The Morgan fingerprint density at radius 2 is 2.00 bits per heavy atom. The first kappa shape index (κ1) is 24.4. The fourth-order valence-electron chi connectivity index (χ4n) is 3.02. The summed E-state index contributed by atoms with van der Waals surface area (Å²) in [5.41, 5.74) is 23.1. The van der Waals surface area contributed by atoms with Crippen LogP contribution in [0.4, 0.5) is 4.79 Å². The molecule has 0 heterocycles. The third-order valence-electron chi connectivity index (χ3n) is 4.95. The third-order valence-corrected chi connectivity index (χ3v) is 4.95. The van der Waals surface area contributed by atoms with E-state index in [2.05, 4.69) is 39.4 Å². The van der Waals surface area contributed by atoms with Gasteiger partial charge in [0.05, 0.1) is 11.7 Å². The third kappa shape index (κ3) is 7.44. The van der Waals surface area contributed by atoms with Gasteiger partial charge in [0.1, 0.15) is 5.84 Å².